The van der Waals surface area contributed by atoms with Crippen LogP contribution in [0.4, 0.5) is 0 Å². The van der Waals surface area contributed by atoms with Crippen LogP contribution in [0.25, 0.3) is 0 Å². The summed E-state index contributed by atoms with van der Waals surface area (Å²) in [6.07, 6.45) is 7.41. The van der Waals surface area contributed by atoms with Gasteiger partial charge in [0.05, 0.1) is 16.9 Å². The summed E-state index contributed by atoms with van der Waals surface area (Å²) in [4.78, 5) is 28.6. The highest BCUT2D eigenvalue weighted by molar-refractivity contribution is 8.05. The number of nitrogens with zero attached hydrogens (tertiary/aromatic N) is 1. The molecule has 0 aliphatic carbocycles. The van der Waals surface area contributed by atoms with E-state index in [9.17, 15) is 29.9 Å². The Kier molecular flexibility index (Phi) is 7.62. The number of carbonyl (C=O) groups is 2. The maximum Gasteiger partial charge on any atom is 0.307 e. The van der Waals surface area contributed by atoms with E-state index >= 15 is 0 Å². The van der Waals surface area contributed by atoms with Gasteiger partial charge in [-0.1, -0.05) is 18.2 Å². The molecule has 8 heteroatoms. The van der Waals surface area contributed by atoms with E-state index in [4.69, 9.17) is 0 Å². The molecule has 0 saturated carbocycles. The summed E-state index contributed by atoms with van der Waals surface area (Å²) in [7, 11) is 0. The fourth-order valence-corrected chi connectivity index (χ4v) is 1.19. The van der Waals surface area contributed by atoms with Crippen molar-refractivity contribution < 1.29 is 24.7 Å². The van der Waals surface area contributed by atoms with Gasteiger partial charge in [-0.2, -0.15) is 0 Å². The molecule has 0 aromatic carbocycles. The van der Waals surface area contributed by atoms with E-state index in [1.165, 1.54) is 6.08 Å². The minimum Gasteiger partial charge on any atom is -0.545 e. The molecule has 96 valence electrons. The van der Waals surface area contributed by atoms with E-state index in [1.807, 2.05) is 0 Å². The first kappa shape index (κ1) is 15.7. The second-order valence-corrected chi connectivity index (χ2v) is 3.49. The number of hydrogen-bond donors (Lipinski definition) is 0. The Morgan fingerprint density at radius 3 is 2.11 bits per heavy atom. The van der Waals surface area contributed by atoms with Crippen molar-refractivity contribution in [2.75, 3.05) is 0 Å². The molecule has 0 radical (unpaired) electrons. The van der Waals surface area contributed by atoms with E-state index in [-0.39, 0.29) is 5.03 Å². The summed E-state index contributed by atoms with van der Waals surface area (Å²) in [5.41, 5.74) is 0. The SMILES string of the molecule is O=C([O-])/C=C\C(=O)[O-].O=[N+]([O-])C1=CC=CC=CS1. The summed E-state index contributed by atoms with van der Waals surface area (Å²) in [6.45, 7) is 0. The Morgan fingerprint density at radius 1 is 1.11 bits per heavy atom. The molecule has 18 heavy (non-hydrogen) atoms. The first-order valence-electron chi connectivity index (χ1n) is 4.38. The van der Waals surface area contributed by atoms with Gasteiger partial charge in [0.2, 0.25) is 0 Å². The highest BCUT2D eigenvalue weighted by Crippen LogP contribution is 2.19. The fraction of sp³-hybridized carbons (Fsp3) is 0. The number of allylic oxidation sites excluding steroid dienone is 4. The molecule has 0 N–H and O–H groups in total. The lowest BCUT2D eigenvalue weighted by molar-refractivity contribution is -0.410. The largest absolute Gasteiger partial charge is 0.545 e. The lowest BCUT2D eigenvalue weighted by Crippen LogP contribution is -2.23. The molecular formula is C10H7NO6S-2. The molecule has 0 amide bonds. The minimum atomic E-state index is -1.55. The standard InChI is InChI=1S/C6H5NO2S.C4H4O4/c8-7(9)6-4-2-1-3-5-10-6;5-3(6)1-2-4(7)8/h1-5H;1-2H,(H,5,6)(H,7,8)/p-2/b;2-1-. The Morgan fingerprint density at radius 2 is 1.67 bits per heavy atom. The zero-order valence-corrected chi connectivity index (χ0v) is 9.66. The summed E-state index contributed by atoms with van der Waals surface area (Å²) < 4.78 is 0. The maximum absolute atomic E-state index is 10.2. The molecule has 0 aromatic heterocycles. The Labute approximate surface area is 106 Å². The van der Waals surface area contributed by atoms with Gasteiger partial charge in [0, 0.05) is 6.08 Å². The molecule has 1 heterocycles. The van der Waals surface area contributed by atoms with E-state index in [1.54, 1.807) is 23.6 Å². The van der Waals surface area contributed by atoms with Crippen molar-refractivity contribution in [1.29, 1.82) is 0 Å². The average Bonchev–Trinajstić information content (AvgIpc) is 2.55. The van der Waals surface area contributed by atoms with E-state index in [0.717, 1.165) is 11.8 Å². The van der Waals surface area contributed by atoms with Crippen LogP contribution in [0.2, 0.25) is 0 Å². The van der Waals surface area contributed by atoms with Gasteiger partial charge in [0.1, 0.15) is 0 Å². The third kappa shape index (κ3) is 8.92. The molecule has 0 aromatic rings. The smallest absolute Gasteiger partial charge is 0.307 e. The van der Waals surface area contributed by atoms with Crippen LogP contribution in [0.3, 0.4) is 0 Å². The molecule has 1 rings (SSSR count). The Hall–Kier alpha value is -2.35. The molecule has 7 nitrogen and oxygen atoms in total. The number of hydrogen-bond acceptors (Lipinski definition) is 7. The van der Waals surface area contributed by atoms with Gasteiger partial charge >= 0.3 is 5.03 Å². The van der Waals surface area contributed by atoms with Crippen molar-refractivity contribution >= 4 is 23.7 Å². The lowest BCUT2D eigenvalue weighted by atomic mass is 10.5. The predicted molar refractivity (Wildman–Crippen MR) is 60.1 cm³/mol. The van der Waals surface area contributed by atoms with Crippen LogP contribution in [0.5, 0.6) is 0 Å². The summed E-state index contributed by atoms with van der Waals surface area (Å²) in [5.74, 6) is -3.09. The van der Waals surface area contributed by atoms with Crippen molar-refractivity contribution in [3.05, 3.63) is 57.0 Å². The molecule has 1 aliphatic heterocycles. The van der Waals surface area contributed by atoms with Gasteiger partial charge in [-0.05, 0) is 29.3 Å². The van der Waals surface area contributed by atoms with Crippen molar-refractivity contribution in [3.63, 3.8) is 0 Å². The summed E-state index contributed by atoms with van der Waals surface area (Å²) in [5, 5.41) is 30.8. The fourth-order valence-electron chi connectivity index (χ4n) is 0.636. The average molecular weight is 269 g/mol. The van der Waals surface area contributed by atoms with Crippen molar-refractivity contribution in [3.8, 4) is 0 Å². The molecule has 0 unspecified atom stereocenters. The number of thioether (sulfide) groups is 1. The van der Waals surface area contributed by atoms with Crippen LogP contribution in [0.15, 0.2) is 46.9 Å². The topological polar surface area (TPSA) is 123 Å². The highest BCUT2D eigenvalue weighted by atomic mass is 32.2. The van der Waals surface area contributed by atoms with Crippen LogP contribution in [-0.2, 0) is 9.59 Å². The van der Waals surface area contributed by atoms with Crippen molar-refractivity contribution in [1.82, 2.24) is 0 Å². The highest BCUT2D eigenvalue weighted by Gasteiger charge is 2.07. The van der Waals surface area contributed by atoms with Gasteiger partial charge in [0.15, 0.2) is 0 Å². The third-order valence-corrected chi connectivity index (χ3v) is 2.08. The van der Waals surface area contributed by atoms with Gasteiger partial charge in [0.25, 0.3) is 0 Å². The lowest BCUT2D eigenvalue weighted by Gasteiger charge is -1.90. The molecule has 0 spiro atoms. The molecule has 0 fully saturated rings. The van der Waals surface area contributed by atoms with Crippen LogP contribution < -0.4 is 10.2 Å². The number of carboxylic acid groups (broad SMARTS) is 2. The summed E-state index contributed by atoms with van der Waals surface area (Å²) in [6, 6.07) is 0. The second kappa shape index (κ2) is 8.76. The van der Waals surface area contributed by atoms with Crippen LogP contribution >= 0.6 is 11.8 Å². The number of carboxylic acids is 2. The van der Waals surface area contributed by atoms with Gasteiger partial charge < -0.3 is 19.8 Å². The molecular weight excluding hydrogens is 262 g/mol. The Bertz CT molecular complexity index is 433. The zero-order chi connectivity index (χ0) is 14.0. The van der Waals surface area contributed by atoms with E-state index in [0.29, 0.717) is 12.2 Å². The van der Waals surface area contributed by atoms with Crippen LogP contribution in [-0.4, -0.2) is 16.9 Å². The van der Waals surface area contributed by atoms with Crippen molar-refractivity contribution in [2.24, 2.45) is 0 Å². The molecule has 0 atom stereocenters. The van der Waals surface area contributed by atoms with E-state index < -0.39 is 16.9 Å². The second-order valence-electron chi connectivity index (χ2n) is 2.56. The molecule has 0 bridgehead atoms. The first-order valence-corrected chi connectivity index (χ1v) is 5.26. The van der Waals surface area contributed by atoms with Gasteiger partial charge in [-0.3, -0.25) is 10.1 Å². The Balaban J connectivity index is 0.000000331. The van der Waals surface area contributed by atoms with Crippen LogP contribution in [0, 0.1) is 10.1 Å². The van der Waals surface area contributed by atoms with E-state index in [2.05, 4.69) is 0 Å². The quantitative estimate of drug-likeness (QED) is 0.364. The third-order valence-electron chi connectivity index (χ3n) is 1.26. The number of rotatable bonds is 3. The monoisotopic (exact) mass is 269 g/mol. The number of aliphatic carboxylic acids is 2. The molecule has 0 saturated heterocycles. The maximum atomic E-state index is 10.2. The summed E-state index contributed by atoms with van der Waals surface area (Å²) >= 11 is 1.11. The first-order chi connectivity index (χ1) is 8.43. The van der Waals surface area contributed by atoms with Gasteiger partial charge in [-0.15, -0.1) is 0 Å². The van der Waals surface area contributed by atoms with Crippen LogP contribution in [0.1, 0.15) is 0 Å². The van der Waals surface area contributed by atoms with Crippen molar-refractivity contribution in [2.45, 2.75) is 0 Å². The molecule has 1 aliphatic rings. The number of carbonyl (C=O) groups excluding carboxylic acids is 2. The normalized spacial score (nSPS) is 13.2. The predicted octanol–water partition coefficient (Wildman–Crippen LogP) is -1.04. The number of nitro groups is 1. The minimum absolute atomic E-state index is 0.157. The zero-order valence-electron chi connectivity index (χ0n) is 8.85. The van der Waals surface area contributed by atoms with Gasteiger partial charge in [-0.25, -0.2) is 0 Å².